The van der Waals surface area contributed by atoms with E-state index in [2.05, 4.69) is 18.8 Å². The number of rotatable bonds is 5. The molecule has 1 aromatic rings. The Morgan fingerprint density at radius 3 is 2.48 bits per heavy atom. The Morgan fingerprint density at radius 1 is 1.32 bits per heavy atom. The Morgan fingerprint density at radius 2 is 1.96 bits per heavy atom. The Hall–Kier alpha value is -1.50. The number of piperazine rings is 1. The van der Waals surface area contributed by atoms with E-state index in [0.717, 1.165) is 25.1 Å². The number of pyridine rings is 1. The molecule has 4 nitrogen and oxygen atoms in total. The van der Waals surface area contributed by atoms with Gasteiger partial charge in [0.15, 0.2) is 0 Å². The van der Waals surface area contributed by atoms with Crippen molar-refractivity contribution in [2.45, 2.75) is 39.3 Å². The third-order valence-electron chi connectivity index (χ3n) is 4.39. The minimum absolute atomic E-state index is 0.0221. The molecule has 0 saturated carbocycles. The highest BCUT2D eigenvalue weighted by Gasteiger charge is 2.32. The quantitative estimate of drug-likeness (QED) is 0.770. The number of anilines is 1. The first-order chi connectivity index (χ1) is 11.7. The summed E-state index contributed by atoms with van der Waals surface area (Å²) in [5, 5.41) is -0.0221. The van der Waals surface area contributed by atoms with Crippen LogP contribution < -0.4 is 4.90 Å². The summed E-state index contributed by atoms with van der Waals surface area (Å²) in [5.41, 5.74) is -0.861. The van der Waals surface area contributed by atoms with Crippen LogP contribution in [0, 0.1) is 5.92 Å². The zero-order valence-electron chi connectivity index (χ0n) is 14.4. The van der Waals surface area contributed by atoms with Crippen LogP contribution >= 0.6 is 11.6 Å². The number of amides is 1. The molecule has 1 aliphatic rings. The predicted molar refractivity (Wildman–Crippen MR) is 91.7 cm³/mol. The van der Waals surface area contributed by atoms with Crippen LogP contribution in [0.15, 0.2) is 12.3 Å². The SMILES string of the molecule is CCCC(C)CC(=O)N1CCN(c2ncc(C(F)(F)F)cc2Cl)CC1. The average Bonchev–Trinajstić information content (AvgIpc) is 2.54. The molecule has 1 fully saturated rings. The molecule has 1 unspecified atom stereocenters. The van der Waals surface area contributed by atoms with Crippen LogP contribution in [-0.2, 0) is 11.0 Å². The molecule has 1 atom stereocenters. The monoisotopic (exact) mass is 377 g/mol. The normalized spacial score (nSPS) is 16.9. The van der Waals surface area contributed by atoms with Gasteiger partial charge in [-0.2, -0.15) is 13.2 Å². The van der Waals surface area contributed by atoms with Gasteiger partial charge in [-0.15, -0.1) is 0 Å². The third kappa shape index (κ3) is 5.23. The summed E-state index contributed by atoms with van der Waals surface area (Å²) in [6, 6.07) is 0.897. The smallest absolute Gasteiger partial charge is 0.352 e. The lowest BCUT2D eigenvalue weighted by Gasteiger charge is -2.36. The molecule has 25 heavy (non-hydrogen) atoms. The maximum Gasteiger partial charge on any atom is 0.417 e. The van der Waals surface area contributed by atoms with Crippen LogP contribution in [0.2, 0.25) is 5.02 Å². The van der Waals surface area contributed by atoms with E-state index in [-0.39, 0.29) is 10.9 Å². The largest absolute Gasteiger partial charge is 0.417 e. The number of nitrogens with zero attached hydrogens (tertiary/aromatic N) is 3. The lowest BCUT2D eigenvalue weighted by Crippen LogP contribution is -2.49. The van der Waals surface area contributed by atoms with E-state index < -0.39 is 11.7 Å². The average molecular weight is 378 g/mol. The molecule has 0 radical (unpaired) electrons. The summed E-state index contributed by atoms with van der Waals surface area (Å²) in [6.45, 7) is 6.23. The van der Waals surface area contributed by atoms with E-state index in [4.69, 9.17) is 11.6 Å². The van der Waals surface area contributed by atoms with Gasteiger partial charge in [-0.25, -0.2) is 4.98 Å². The number of aromatic nitrogens is 1. The molecule has 1 aromatic heterocycles. The van der Waals surface area contributed by atoms with Crippen LogP contribution in [-0.4, -0.2) is 42.0 Å². The molecule has 2 rings (SSSR count). The fraction of sp³-hybridized carbons (Fsp3) is 0.647. The fourth-order valence-electron chi connectivity index (χ4n) is 3.01. The second-order valence-corrected chi connectivity index (χ2v) is 6.90. The van der Waals surface area contributed by atoms with Gasteiger partial charge in [0.25, 0.3) is 0 Å². The summed E-state index contributed by atoms with van der Waals surface area (Å²) in [7, 11) is 0. The van der Waals surface area contributed by atoms with Gasteiger partial charge in [0, 0.05) is 38.8 Å². The van der Waals surface area contributed by atoms with Gasteiger partial charge in [-0.05, 0) is 12.0 Å². The standard InChI is InChI=1S/C17H23ClF3N3O/c1-3-4-12(2)9-15(25)23-5-7-24(8-6-23)16-14(18)10-13(11-22-16)17(19,20)21/h10-12H,3-9H2,1-2H3. The van der Waals surface area contributed by atoms with E-state index in [1.54, 1.807) is 4.90 Å². The molecule has 1 saturated heterocycles. The zero-order chi connectivity index (χ0) is 18.6. The molecule has 1 amide bonds. The molecule has 0 aliphatic carbocycles. The lowest BCUT2D eigenvalue weighted by molar-refractivity contribution is -0.138. The van der Waals surface area contributed by atoms with Gasteiger partial charge >= 0.3 is 6.18 Å². The second-order valence-electron chi connectivity index (χ2n) is 6.49. The van der Waals surface area contributed by atoms with Crippen LogP contribution in [0.5, 0.6) is 0 Å². The van der Waals surface area contributed by atoms with Gasteiger partial charge in [0.05, 0.1) is 10.6 Å². The van der Waals surface area contributed by atoms with Crippen LogP contribution in [0.25, 0.3) is 0 Å². The molecule has 1 aliphatic heterocycles. The molecular weight excluding hydrogens is 355 g/mol. The lowest BCUT2D eigenvalue weighted by atomic mass is 10.0. The highest BCUT2D eigenvalue weighted by molar-refractivity contribution is 6.33. The molecule has 2 heterocycles. The fourth-order valence-corrected chi connectivity index (χ4v) is 3.29. The van der Waals surface area contributed by atoms with Crippen LogP contribution in [0.3, 0.4) is 0 Å². The Bertz CT molecular complexity index is 601. The van der Waals surface area contributed by atoms with Gasteiger partial charge in [0.1, 0.15) is 5.82 Å². The van der Waals surface area contributed by atoms with Gasteiger partial charge in [0.2, 0.25) is 5.91 Å². The zero-order valence-corrected chi connectivity index (χ0v) is 15.2. The van der Waals surface area contributed by atoms with Crippen molar-refractivity contribution in [3.63, 3.8) is 0 Å². The van der Waals surface area contributed by atoms with E-state index in [1.807, 2.05) is 4.90 Å². The number of halogens is 4. The number of carbonyl (C=O) groups is 1. The van der Waals surface area contributed by atoms with Crippen LogP contribution in [0.4, 0.5) is 19.0 Å². The van der Waals surface area contributed by atoms with Crippen LogP contribution in [0.1, 0.15) is 38.7 Å². The van der Waals surface area contributed by atoms with Crippen molar-refractivity contribution in [3.05, 3.63) is 22.8 Å². The molecule has 0 aromatic carbocycles. The Labute approximate surface area is 151 Å². The first kappa shape index (κ1) is 19.8. The van der Waals surface area contributed by atoms with Crippen molar-refractivity contribution in [2.75, 3.05) is 31.1 Å². The summed E-state index contributed by atoms with van der Waals surface area (Å²) < 4.78 is 38.1. The minimum atomic E-state index is -4.46. The number of carbonyl (C=O) groups excluding carboxylic acids is 1. The number of hydrogen-bond donors (Lipinski definition) is 0. The van der Waals surface area contributed by atoms with E-state index in [1.165, 1.54) is 0 Å². The summed E-state index contributed by atoms with van der Waals surface area (Å²) >= 11 is 5.99. The predicted octanol–water partition coefficient (Wildman–Crippen LogP) is 4.23. The first-order valence-electron chi connectivity index (χ1n) is 8.47. The Balaban J connectivity index is 1.95. The van der Waals surface area contributed by atoms with Crippen molar-refractivity contribution >= 4 is 23.3 Å². The van der Waals surface area contributed by atoms with Gasteiger partial charge < -0.3 is 9.80 Å². The third-order valence-corrected chi connectivity index (χ3v) is 4.66. The molecule has 0 spiro atoms. The molecule has 0 bridgehead atoms. The highest BCUT2D eigenvalue weighted by Crippen LogP contribution is 2.33. The first-order valence-corrected chi connectivity index (χ1v) is 8.85. The molecule has 0 N–H and O–H groups in total. The molecule has 140 valence electrons. The topological polar surface area (TPSA) is 36.4 Å². The molecular formula is C17H23ClF3N3O. The second kappa shape index (κ2) is 8.25. The molecule has 8 heteroatoms. The van der Waals surface area contributed by atoms with Crippen molar-refractivity contribution in [2.24, 2.45) is 5.92 Å². The maximum atomic E-state index is 12.7. The van der Waals surface area contributed by atoms with Crippen molar-refractivity contribution in [1.29, 1.82) is 0 Å². The highest BCUT2D eigenvalue weighted by atomic mass is 35.5. The maximum absolute atomic E-state index is 12.7. The number of alkyl halides is 3. The Kier molecular flexibility index (Phi) is 6.54. The van der Waals surface area contributed by atoms with E-state index in [0.29, 0.717) is 44.3 Å². The summed E-state index contributed by atoms with van der Waals surface area (Å²) in [4.78, 5) is 19.8. The summed E-state index contributed by atoms with van der Waals surface area (Å²) in [5.74, 6) is 0.828. The van der Waals surface area contributed by atoms with Crippen molar-refractivity contribution in [3.8, 4) is 0 Å². The van der Waals surface area contributed by atoms with Crippen molar-refractivity contribution < 1.29 is 18.0 Å². The van der Waals surface area contributed by atoms with Gasteiger partial charge in [-0.3, -0.25) is 4.79 Å². The van der Waals surface area contributed by atoms with Crippen molar-refractivity contribution in [1.82, 2.24) is 9.88 Å². The van der Waals surface area contributed by atoms with E-state index >= 15 is 0 Å². The van der Waals surface area contributed by atoms with E-state index in [9.17, 15) is 18.0 Å². The number of hydrogen-bond acceptors (Lipinski definition) is 3. The minimum Gasteiger partial charge on any atom is -0.352 e. The summed E-state index contributed by atoms with van der Waals surface area (Å²) in [6.07, 6.45) is -1.05. The van der Waals surface area contributed by atoms with Gasteiger partial charge in [-0.1, -0.05) is 38.3 Å².